The Kier molecular flexibility index (Phi) is 3.81. The summed E-state index contributed by atoms with van der Waals surface area (Å²) >= 11 is 11.8. The van der Waals surface area contributed by atoms with Crippen molar-refractivity contribution in [1.29, 1.82) is 0 Å². The number of nitrogen functional groups attached to an aromatic ring is 1. The van der Waals surface area contributed by atoms with Crippen molar-refractivity contribution in [2.24, 2.45) is 5.84 Å². The second kappa shape index (κ2) is 5.34. The normalized spacial score (nSPS) is 10.2. The first-order valence-corrected chi connectivity index (χ1v) is 5.57. The van der Waals surface area contributed by atoms with Crippen molar-refractivity contribution in [3.05, 3.63) is 40.3 Å². The lowest BCUT2D eigenvalue weighted by Crippen LogP contribution is -2.12. The maximum Gasteiger partial charge on any atom is 0.239 e. The molecule has 0 unspecified atom stereocenters. The fourth-order valence-corrected chi connectivity index (χ4v) is 1.58. The quantitative estimate of drug-likeness (QED) is 0.598. The molecule has 0 aliphatic rings. The Hall–Kier alpha value is -1.63. The van der Waals surface area contributed by atoms with Gasteiger partial charge in [-0.25, -0.2) is 15.2 Å². The summed E-state index contributed by atoms with van der Waals surface area (Å²) in [6.07, 6.45) is 0.989. The second-order valence-corrected chi connectivity index (χ2v) is 4.13. The zero-order valence-electron chi connectivity index (χ0n) is 8.92. The van der Waals surface area contributed by atoms with E-state index in [0.717, 1.165) is 6.20 Å². The predicted molar refractivity (Wildman–Crippen MR) is 69.5 cm³/mol. The van der Waals surface area contributed by atoms with Crippen molar-refractivity contribution in [2.45, 2.75) is 0 Å². The molecule has 1 aromatic carbocycles. The minimum atomic E-state index is -0.634. The van der Waals surface area contributed by atoms with Gasteiger partial charge in [-0.3, -0.25) is 5.43 Å². The average Bonchev–Trinajstić information content (AvgIpc) is 2.36. The van der Waals surface area contributed by atoms with Gasteiger partial charge in [-0.2, -0.15) is 4.98 Å². The Morgan fingerprint density at radius 2 is 2.06 bits per heavy atom. The number of hydrogen-bond acceptors (Lipinski definition) is 5. The Labute approximate surface area is 112 Å². The van der Waals surface area contributed by atoms with Crippen LogP contribution < -0.4 is 16.6 Å². The first-order valence-electron chi connectivity index (χ1n) is 4.81. The molecule has 2 rings (SSSR count). The third-order valence-electron chi connectivity index (χ3n) is 2.05. The minimum Gasteiger partial charge on any atom is -0.336 e. The molecule has 0 atom stereocenters. The van der Waals surface area contributed by atoms with Gasteiger partial charge in [0.15, 0.2) is 11.6 Å². The molecule has 0 aliphatic heterocycles. The van der Waals surface area contributed by atoms with E-state index in [9.17, 15) is 4.39 Å². The van der Waals surface area contributed by atoms with E-state index in [1.807, 2.05) is 0 Å². The van der Waals surface area contributed by atoms with Crippen molar-refractivity contribution < 1.29 is 4.39 Å². The minimum absolute atomic E-state index is 0.0536. The number of nitrogens with zero attached hydrogens (tertiary/aromatic N) is 2. The van der Waals surface area contributed by atoms with Gasteiger partial charge in [0.2, 0.25) is 5.95 Å². The monoisotopic (exact) mass is 287 g/mol. The molecule has 1 heterocycles. The van der Waals surface area contributed by atoms with Gasteiger partial charge in [-0.05, 0) is 18.2 Å². The summed E-state index contributed by atoms with van der Waals surface area (Å²) in [6.45, 7) is 0. The summed E-state index contributed by atoms with van der Waals surface area (Å²) in [4.78, 5) is 7.44. The van der Waals surface area contributed by atoms with Crippen LogP contribution >= 0.6 is 23.2 Å². The van der Waals surface area contributed by atoms with Crippen LogP contribution in [0.4, 0.5) is 21.8 Å². The molecule has 5 nitrogen and oxygen atoms in total. The summed E-state index contributed by atoms with van der Waals surface area (Å²) in [5, 5.41) is 3.57. The average molecular weight is 288 g/mol. The summed E-state index contributed by atoms with van der Waals surface area (Å²) in [5.41, 5.74) is 2.65. The first kappa shape index (κ1) is 12.8. The van der Waals surface area contributed by atoms with Crippen LogP contribution in [0.2, 0.25) is 10.0 Å². The number of anilines is 3. The molecule has 0 bridgehead atoms. The van der Waals surface area contributed by atoms with E-state index < -0.39 is 5.82 Å². The van der Waals surface area contributed by atoms with Crippen LogP contribution in [0.5, 0.6) is 0 Å². The Morgan fingerprint density at radius 1 is 1.28 bits per heavy atom. The first-order chi connectivity index (χ1) is 8.60. The highest BCUT2D eigenvalue weighted by Crippen LogP contribution is 2.28. The van der Waals surface area contributed by atoms with Crippen molar-refractivity contribution in [1.82, 2.24) is 9.97 Å². The van der Waals surface area contributed by atoms with Crippen LogP contribution in [-0.2, 0) is 0 Å². The molecular formula is C10H8Cl2FN5. The van der Waals surface area contributed by atoms with Crippen LogP contribution in [-0.4, -0.2) is 9.97 Å². The number of nitrogens with one attached hydrogen (secondary N) is 2. The zero-order valence-corrected chi connectivity index (χ0v) is 10.4. The smallest absolute Gasteiger partial charge is 0.239 e. The Balaban J connectivity index is 2.36. The third kappa shape index (κ3) is 2.79. The maximum absolute atomic E-state index is 13.5. The van der Waals surface area contributed by atoms with Gasteiger partial charge in [-0.1, -0.05) is 23.2 Å². The van der Waals surface area contributed by atoms with Gasteiger partial charge >= 0.3 is 0 Å². The summed E-state index contributed by atoms with van der Waals surface area (Å²) in [6, 6.07) is 4.77. The molecular weight excluding hydrogens is 280 g/mol. The highest BCUT2D eigenvalue weighted by Gasteiger charge is 2.09. The second-order valence-electron chi connectivity index (χ2n) is 3.28. The molecule has 8 heteroatoms. The van der Waals surface area contributed by atoms with E-state index in [4.69, 9.17) is 29.0 Å². The molecule has 0 saturated heterocycles. The molecule has 0 aliphatic carbocycles. The van der Waals surface area contributed by atoms with Crippen molar-refractivity contribution >= 4 is 40.7 Å². The van der Waals surface area contributed by atoms with E-state index in [2.05, 4.69) is 20.7 Å². The van der Waals surface area contributed by atoms with Crippen LogP contribution in [0.1, 0.15) is 0 Å². The fraction of sp³-hybridized carbons (Fsp3) is 0. The molecule has 2 aromatic rings. The number of hydrogen-bond donors (Lipinski definition) is 3. The number of rotatable bonds is 3. The third-order valence-corrected chi connectivity index (χ3v) is 2.62. The van der Waals surface area contributed by atoms with Gasteiger partial charge in [0, 0.05) is 5.02 Å². The highest BCUT2D eigenvalue weighted by molar-refractivity contribution is 6.35. The lowest BCUT2D eigenvalue weighted by Gasteiger charge is -2.09. The number of benzene rings is 1. The van der Waals surface area contributed by atoms with Gasteiger partial charge in [0.1, 0.15) is 0 Å². The van der Waals surface area contributed by atoms with Crippen LogP contribution in [0.3, 0.4) is 0 Å². The largest absolute Gasteiger partial charge is 0.336 e. The van der Waals surface area contributed by atoms with E-state index in [0.29, 0.717) is 15.7 Å². The van der Waals surface area contributed by atoms with Crippen LogP contribution in [0, 0.1) is 5.82 Å². The van der Waals surface area contributed by atoms with Gasteiger partial charge < -0.3 is 5.32 Å². The Bertz CT molecular complexity index is 578. The van der Waals surface area contributed by atoms with Crippen LogP contribution in [0.25, 0.3) is 0 Å². The molecule has 18 heavy (non-hydrogen) atoms. The van der Waals surface area contributed by atoms with Gasteiger partial charge in [-0.15, -0.1) is 0 Å². The maximum atomic E-state index is 13.5. The lowest BCUT2D eigenvalue weighted by molar-refractivity contribution is 0.619. The van der Waals surface area contributed by atoms with Gasteiger partial charge in [0.25, 0.3) is 0 Å². The summed E-state index contributed by atoms with van der Waals surface area (Å²) < 4.78 is 13.5. The standard InChI is InChI=1S/C10H8Cl2FN5/c11-5-1-2-6(12)8(3-5)16-9-7(13)4-15-10(17-9)18-14/h1-4H,14H2,(H2,15,16,17,18). The molecule has 0 spiro atoms. The lowest BCUT2D eigenvalue weighted by atomic mass is 10.3. The van der Waals surface area contributed by atoms with E-state index in [-0.39, 0.29) is 11.8 Å². The number of aromatic nitrogens is 2. The van der Waals surface area contributed by atoms with Crippen molar-refractivity contribution in [3.63, 3.8) is 0 Å². The molecule has 4 N–H and O–H groups in total. The molecule has 0 amide bonds. The number of hydrazine groups is 1. The van der Waals surface area contributed by atoms with Crippen LogP contribution in [0.15, 0.2) is 24.4 Å². The fourth-order valence-electron chi connectivity index (χ4n) is 1.25. The molecule has 0 fully saturated rings. The molecule has 1 aromatic heterocycles. The molecule has 94 valence electrons. The van der Waals surface area contributed by atoms with E-state index in [1.165, 1.54) is 0 Å². The SMILES string of the molecule is NNc1ncc(F)c(Nc2cc(Cl)ccc2Cl)n1. The predicted octanol–water partition coefficient (Wildman–Crippen LogP) is 2.95. The highest BCUT2D eigenvalue weighted by atomic mass is 35.5. The van der Waals surface area contributed by atoms with Gasteiger partial charge in [0.05, 0.1) is 16.9 Å². The van der Waals surface area contributed by atoms with Crippen molar-refractivity contribution in [3.8, 4) is 0 Å². The van der Waals surface area contributed by atoms with E-state index in [1.54, 1.807) is 18.2 Å². The molecule has 0 radical (unpaired) electrons. The number of halogens is 3. The summed E-state index contributed by atoms with van der Waals surface area (Å²) in [7, 11) is 0. The Morgan fingerprint density at radius 3 is 2.78 bits per heavy atom. The van der Waals surface area contributed by atoms with E-state index >= 15 is 0 Å². The zero-order chi connectivity index (χ0) is 13.1. The number of nitrogens with two attached hydrogens (primary N) is 1. The van der Waals surface area contributed by atoms with Crippen molar-refractivity contribution in [2.75, 3.05) is 10.7 Å². The topological polar surface area (TPSA) is 75.9 Å². The molecule has 0 saturated carbocycles. The summed E-state index contributed by atoms with van der Waals surface area (Å²) in [5.74, 6) is 4.54.